The zero-order valence-electron chi connectivity index (χ0n) is 24.2. The van der Waals surface area contributed by atoms with E-state index in [9.17, 15) is 19.5 Å². The van der Waals surface area contributed by atoms with E-state index in [1.165, 1.54) is 6.42 Å². The van der Waals surface area contributed by atoms with Gasteiger partial charge in [0.2, 0.25) is 17.7 Å². The maximum atomic E-state index is 14.7. The highest BCUT2D eigenvalue weighted by molar-refractivity contribution is 8.02. The number of hydrogen-bond acceptors (Lipinski definition) is 5. The second-order valence-electron chi connectivity index (χ2n) is 12.4. The summed E-state index contributed by atoms with van der Waals surface area (Å²) in [6.45, 7) is 15.4. The summed E-state index contributed by atoms with van der Waals surface area (Å²) >= 11 is 1.72. The summed E-state index contributed by atoms with van der Waals surface area (Å²) in [6, 6.07) is -0.971. The van der Waals surface area contributed by atoms with Gasteiger partial charge in [-0.3, -0.25) is 14.4 Å². The van der Waals surface area contributed by atoms with E-state index in [4.69, 9.17) is 0 Å². The average Bonchev–Trinajstić information content (AvgIpc) is 3.57. The number of carbonyl (C=O) groups excluding carboxylic acids is 3. The molecule has 4 fully saturated rings. The van der Waals surface area contributed by atoms with Gasteiger partial charge in [-0.25, -0.2) is 0 Å². The molecular formula is C31H49N3O4S. The molecule has 1 aliphatic carbocycles. The van der Waals surface area contributed by atoms with E-state index in [1.54, 1.807) is 28.8 Å². The number of fused-ring (bicyclic) bond motifs is 1. The molecular weight excluding hydrogens is 510 g/mol. The number of rotatable bonds is 13. The molecule has 3 heterocycles. The van der Waals surface area contributed by atoms with E-state index >= 15 is 0 Å². The minimum atomic E-state index is -0.667. The topological polar surface area (TPSA) is 81.2 Å². The third-order valence-corrected chi connectivity index (χ3v) is 11.3. The van der Waals surface area contributed by atoms with E-state index in [2.05, 4.69) is 33.9 Å². The predicted octanol–water partition coefficient (Wildman–Crippen LogP) is 4.26. The summed E-state index contributed by atoms with van der Waals surface area (Å²) in [5.74, 6) is -0.841. The second kappa shape index (κ2) is 12.8. The molecule has 1 saturated carbocycles. The van der Waals surface area contributed by atoms with Crippen LogP contribution in [0.3, 0.4) is 0 Å². The van der Waals surface area contributed by atoms with Crippen LogP contribution in [0.1, 0.15) is 78.6 Å². The predicted molar refractivity (Wildman–Crippen MR) is 157 cm³/mol. The summed E-state index contributed by atoms with van der Waals surface area (Å²) < 4.78 is -0.635. The van der Waals surface area contributed by atoms with Crippen LogP contribution in [-0.2, 0) is 14.4 Å². The maximum Gasteiger partial charge on any atom is 0.247 e. The molecule has 218 valence electrons. The Bertz CT molecular complexity index is 935. The number of likely N-dealkylation sites (tertiary alicyclic amines) is 1. The number of aliphatic hydroxyl groups is 1. The number of thioether (sulfide) groups is 1. The highest BCUT2D eigenvalue weighted by Crippen LogP contribution is 2.67. The number of aliphatic hydroxyl groups excluding tert-OH is 1. The quantitative estimate of drug-likeness (QED) is 0.341. The van der Waals surface area contributed by atoms with E-state index in [-0.39, 0.29) is 41.5 Å². The summed E-state index contributed by atoms with van der Waals surface area (Å²) in [5.41, 5.74) is 0. The van der Waals surface area contributed by atoms with Crippen LogP contribution in [-0.4, -0.2) is 91.9 Å². The monoisotopic (exact) mass is 559 g/mol. The van der Waals surface area contributed by atoms with Gasteiger partial charge in [0.1, 0.15) is 6.04 Å². The first-order valence-corrected chi connectivity index (χ1v) is 16.1. The van der Waals surface area contributed by atoms with Crippen molar-refractivity contribution in [2.75, 3.05) is 26.2 Å². The minimum Gasteiger partial charge on any atom is -0.394 e. The molecule has 3 saturated heterocycles. The Morgan fingerprint density at radius 2 is 1.82 bits per heavy atom. The van der Waals surface area contributed by atoms with Gasteiger partial charge in [0, 0.05) is 30.9 Å². The van der Waals surface area contributed by atoms with Gasteiger partial charge in [0.05, 0.1) is 29.2 Å². The van der Waals surface area contributed by atoms with Crippen molar-refractivity contribution in [1.29, 1.82) is 0 Å². The van der Waals surface area contributed by atoms with E-state index < -0.39 is 28.7 Å². The SMILES string of the molecule is C=CCN(CCC)C(=O)[C@@H]1[C@H]2C(=O)N([C@@H](CO)CC(C)C)C(C(=O)N(CC=C)C3CCCCC3)C23CC[C@H]1S3. The smallest absolute Gasteiger partial charge is 0.247 e. The largest absolute Gasteiger partial charge is 0.394 e. The van der Waals surface area contributed by atoms with Crippen LogP contribution < -0.4 is 0 Å². The molecule has 39 heavy (non-hydrogen) atoms. The number of hydrogen-bond donors (Lipinski definition) is 1. The van der Waals surface area contributed by atoms with Crippen molar-refractivity contribution in [3.63, 3.8) is 0 Å². The molecule has 0 aromatic carbocycles. The Balaban J connectivity index is 1.77. The van der Waals surface area contributed by atoms with Crippen LogP contribution in [0.25, 0.3) is 0 Å². The van der Waals surface area contributed by atoms with Gasteiger partial charge < -0.3 is 19.8 Å². The minimum absolute atomic E-state index is 0.0156. The Kier molecular flexibility index (Phi) is 9.90. The van der Waals surface area contributed by atoms with Crippen LogP contribution in [0.4, 0.5) is 0 Å². The molecule has 7 nitrogen and oxygen atoms in total. The van der Waals surface area contributed by atoms with Crippen molar-refractivity contribution in [1.82, 2.24) is 14.7 Å². The van der Waals surface area contributed by atoms with Crippen LogP contribution >= 0.6 is 11.8 Å². The van der Waals surface area contributed by atoms with Gasteiger partial charge in [0.25, 0.3) is 0 Å². The van der Waals surface area contributed by atoms with E-state index in [0.717, 1.165) is 44.9 Å². The van der Waals surface area contributed by atoms with Gasteiger partial charge in [-0.05, 0) is 44.4 Å². The number of carbonyl (C=O) groups is 3. The highest BCUT2D eigenvalue weighted by atomic mass is 32.2. The van der Waals surface area contributed by atoms with Gasteiger partial charge in [-0.15, -0.1) is 24.9 Å². The molecule has 8 heteroatoms. The van der Waals surface area contributed by atoms with Crippen LogP contribution in [0.5, 0.6) is 0 Å². The highest BCUT2D eigenvalue weighted by Gasteiger charge is 2.74. The lowest BCUT2D eigenvalue weighted by Crippen LogP contribution is -2.59. The first-order valence-electron chi connectivity index (χ1n) is 15.2. The number of amides is 3. The van der Waals surface area contributed by atoms with Crippen LogP contribution in [0, 0.1) is 17.8 Å². The molecule has 3 aliphatic heterocycles. The summed E-state index contributed by atoms with van der Waals surface area (Å²) in [6.07, 6.45) is 11.9. The average molecular weight is 560 g/mol. The van der Waals surface area contributed by atoms with Gasteiger partial charge in [-0.1, -0.05) is 52.2 Å². The lowest BCUT2D eigenvalue weighted by atomic mass is 9.70. The van der Waals surface area contributed by atoms with Crippen molar-refractivity contribution in [3.8, 4) is 0 Å². The van der Waals surface area contributed by atoms with Crippen molar-refractivity contribution in [2.45, 2.75) is 107 Å². The summed E-state index contributed by atoms with van der Waals surface area (Å²) in [7, 11) is 0. The summed E-state index contributed by atoms with van der Waals surface area (Å²) in [5, 5.41) is 10.6. The van der Waals surface area contributed by atoms with Crippen molar-refractivity contribution >= 4 is 29.5 Å². The van der Waals surface area contributed by atoms with E-state index in [0.29, 0.717) is 26.1 Å². The molecule has 6 atom stereocenters. The fraction of sp³-hybridized carbons (Fsp3) is 0.774. The Labute approximate surface area is 239 Å². The fourth-order valence-corrected chi connectivity index (χ4v) is 10.1. The van der Waals surface area contributed by atoms with Crippen molar-refractivity contribution in [3.05, 3.63) is 25.3 Å². The first-order chi connectivity index (χ1) is 18.7. The Morgan fingerprint density at radius 3 is 2.41 bits per heavy atom. The standard InChI is InChI=1S/C31H49N3O4S/c1-6-16-32(17-7-2)28(36)25-24-14-15-31(39-24)26(25)29(37)34(23(20-35)19-21(4)5)27(31)30(38)33(18-8-3)22-12-10-9-11-13-22/h6,8,21-27,35H,1,3,7,9-20H2,2,4-5H3/t23-,24-,25+,26+,27?,31?/m1/s1. The van der Waals surface area contributed by atoms with E-state index in [1.807, 2.05) is 9.80 Å². The normalized spacial score (nSPS) is 30.9. The van der Waals surface area contributed by atoms with Crippen molar-refractivity contribution in [2.24, 2.45) is 17.8 Å². The number of nitrogens with zero attached hydrogens (tertiary/aromatic N) is 3. The lowest BCUT2D eigenvalue weighted by Gasteiger charge is -2.43. The zero-order valence-corrected chi connectivity index (χ0v) is 25.0. The molecule has 1 spiro atoms. The fourth-order valence-electron chi connectivity index (χ4n) is 7.90. The third-order valence-electron chi connectivity index (χ3n) is 9.38. The van der Waals surface area contributed by atoms with Crippen LogP contribution in [0.15, 0.2) is 25.3 Å². The van der Waals surface area contributed by atoms with Gasteiger partial charge >= 0.3 is 0 Å². The second-order valence-corrected chi connectivity index (χ2v) is 14.0. The molecule has 0 radical (unpaired) electrons. The lowest BCUT2D eigenvalue weighted by molar-refractivity contribution is -0.148. The Morgan fingerprint density at radius 1 is 1.13 bits per heavy atom. The van der Waals surface area contributed by atoms with Crippen LogP contribution in [0.2, 0.25) is 0 Å². The molecule has 3 amide bonds. The molecule has 4 rings (SSSR count). The zero-order chi connectivity index (χ0) is 28.3. The third kappa shape index (κ3) is 5.44. The maximum absolute atomic E-state index is 14.7. The molecule has 0 aromatic rings. The van der Waals surface area contributed by atoms with Gasteiger partial charge in [-0.2, -0.15) is 0 Å². The first kappa shape index (κ1) is 30.2. The molecule has 1 N–H and O–H groups in total. The molecule has 2 unspecified atom stereocenters. The van der Waals surface area contributed by atoms with Gasteiger partial charge in [0.15, 0.2) is 0 Å². The molecule has 2 bridgehead atoms. The Hall–Kier alpha value is -1.80. The molecule has 0 aromatic heterocycles. The molecule has 4 aliphatic rings. The summed E-state index contributed by atoms with van der Waals surface area (Å²) in [4.78, 5) is 48.8. The van der Waals surface area contributed by atoms with Crippen molar-refractivity contribution < 1.29 is 19.5 Å².